The van der Waals surface area contributed by atoms with Gasteiger partial charge in [-0.15, -0.1) is 0 Å². The highest BCUT2D eigenvalue weighted by Crippen LogP contribution is 2.51. The Kier molecular flexibility index (Phi) is 13.9. The molecular weight excluding hydrogens is 503 g/mol. The van der Waals surface area contributed by atoms with Crippen LogP contribution in [0, 0.1) is 0 Å². The smallest absolute Gasteiger partial charge is 0.259 e. The van der Waals surface area contributed by atoms with Crippen molar-refractivity contribution in [3.05, 3.63) is 65.2 Å². The van der Waals surface area contributed by atoms with Crippen molar-refractivity contribution in [2.24, 2.45) is 0 Å². The zero-order valence-electron chi connectivity index (χ0n) is 25.0. The molecular formula is C33H51N2O3P. The number of nitrogens with zero attached hydrogens (tertiary/aromatic N) is 1. The molecule has 5 nitrogen and oxygen atoms in total. The first kappa shape index (κ1) is 31.7. The minimum atomic E-state index is -1.28. The summed E-state index contributed by atoms with van der Waals surface area (Å²) in [6.45, 7) is 12.5. The Balaban J connectivity index is 1.55. The van der Waals surface area contributed by atoms with Crippen LogP contribution in [0.3, 0.4) is 0 Å². The highest BCUT2D eigenvalue weighted by atomic mass is 31.2. The number of nitrogens with one attached hydrogen (secondary N) is 1. The van der Waals surface area contributed by atoms with Gasteiger partial charge in [0.2, 0.25) is 0 Å². The maximum absolute atomic E-state index is 13.1. The summed E-state index contributed by atoms with van der Waals surface area (Å²) in [5.74, 6) is 0.518. The van der Waals surface area contributed by atoms with Gasteiger partial charge in [-0.3, -0.25) is 4.79 Å². The molecule has 2 aromatic rings. The van der Waals surface area contributed by atoms with Crippen LogP contribution in [0.4, 0.5) is 5.69 Å². The standard InChI is InChI=1S/C33H51N2O3P/c1-6-7-8-9-10-11-12-16-20-29-24-35(23-28-18-14-13-15-19-28)39(38-29)37-25-32(36)34-33-30(26(2)3)21-17-22-31(33)27(4)5/h13-15,17-19,21-22,26-27,29H,6-12,16,20,23-25H2,1-5H3,(H,34,36). The maximum atomic E-state index is 13.1. The molecule has 0 bridgehead atoms. The van der Waals surface area contributed by atoms with Crippen LogP contribution in [0.2, 0.25) is 0 Å². The first-order valence-electron chi connectivity index (χ1n) is 15.2. The Morgan fingerprint density at radius 2 is 1.54 bits per heavy atom. The molecule has 0 aromatic heterocycles. The van der Waals surface area contributed by atoms with Crippen molar-refractivity contribution in [1.29, 1.82) is 0 Å². The van der Waals surface area contributed by atoms with E-state index in [1.54, 1.807) is 0 Å². The van der Waals surface area contributed by atoms with E-state index in [1.165, 1.54) is 56.9 Å². The molecule has 1 aliphatic rings. The van der Waals surface area contributed by atoms with Crippen molar-refractivity contribution in [2.45, 2.75) is 117 Å². The van der Waals surface area contributed by atoms with Gasteiger partial charge in [0, 0.05) is 18.8 Å². The summed E-state index contributed by atoms with van der Waals surface area (Å²) in [7, 11) is -1.28. The van der Waals surface area contributed by atoms with E-state index in [2.05, 4.69) is 87.1 Å². The van der Waals surface area contributed by atoms with E-state index >= 15 is 0 Å². The zero-order chi connectivity index (χ0) is 28.0. The van der Waals surface area contributed by atoms with Crippen molar-refractivity contribution in [3.8, 4) is 0 Å². The lowest BCUT2D eigenvalue weighted by Gasteiger charge is -2.22. The van der Waals surface area contributed by atoms with Crippen LogP contribution >= 0.6 is 8.53 Å². The average Bonchev–Trinajstić information content (AvgIpc) is 3.30. The van der Waals surface area contributed by atoms with E-state index in [4.69, 9.17) is 9.05 Å². The van der Waals surface area contributed by atoms with Crippen LogP contribution < -0.4 is 5.32 Å². The molecule has 0 radical (unpaired) electrons. The van der Waals surface area contributed by atoms with Crippen molar-refractivity contribution < 1.29 is 13.8 Å². The molecule has 0 spiro atoms. The van der Waals surface area contributed by atoms with Crippen molar-refractivity contribution in [2.75, 3.05) is 18.5 Å². The number of anilines is 1. The second kappa shape index (κ2) is 17.1. The second-order valence-electron chi connectivity index (χ2n) is 11.5. The molecule has 0 aliphatic carbocycles. The van der Waals surface area contributed by atoms with Gasteiger partial charge in [-0.1, -0.05) is 135 Å². The summed E-state index contributed by atoms with van der Waals surface area (Å²) < 4.78 is 14.9. The van der Waals surface area contributed by atoms with Crippen molar-refractivity contribution in [3.63, 3.8) is 0 Å². The number of hydrogen-bond acceptors (Lipinski definition) is 4. The van der Waals surface area contributed by atoms with Crippen molar-refractivity contribution in [1.82, 2.24) is 4.67 Å². The molecule has 1 fully saturated rings. The second-order valence-corrected chi connectivity index (χ2v) is 13.0. The van der Waals surface area contributed by atoms with Crippen LogP contribution in [-0.2, 0) is 20.4 Å². The molecule has 0 saturated carbocycles. The molecule has 216 valence electrons. The van der Waals surface area contributed by atoms with Gasteiger partial charge >= 0.3 is 0 Å². The zero-order valence-corrected chi connectivity index (χ0v) is 25.8. The predicted octanol–water partition coefficient (Wildman–Crippen LogP) is 9.55. The minimum Gasteiger partial charge on any atom is -0.324 e. The van der Waals surface area contributed by atoms with Crippen LogP contribution in [0.1, 0.15) is 121 Å². The summed E-state index contributed by atoms with van der Waals surface area (Å²) in [4.78, 5) is 13.1. The largest absolute Gasteiger partial charge is 0.324 e. The van der Waals surface area contributed by atoms with Gasteiger partial charge in [-0.05, 0) is 34.9 Å². The quantitative estimate of drug-likeness (QED) is 0.156. The number of carbonyl (C=O) groups is 1. The van der Waals surface area contributed by atoms with Gasteiger partial charge in [0.15, 0.2) is 0 Å². The van der Waals surface area contributed by atoms with E-state index in [0.29, 0.717) is 11.8 Å². The monoisotopic (exact) mass is 554 g/mol. The molecule has 39 heavy (non-hydrogen) atoms. The van der Waals surface area contributed by atoms with Crippen LogP contribution in [0.5, 0.6) is 0 Å². The summed E-state index contributed by atoms with van der Waals surface area (Å²) in [5.41, 5.74) is 4.49. The van der Waals surface area contributed by atoms with E-state index in [9.17, 15) is 4.79 Å². The third-order valence-corrected chi connectivity index (χ3v) is 9.01. The van der Waals surface area contributed by atoms with Gasteiger partial charge < -0.3 is 14.4 Å². The van der Waals surface area contributed by atoms with E-state index in [-0.39, 0.29) is 18.6 Å². The highest BCUT2D eigenvalue weighted by molar-refractivity contribution is 7.44. The Bertz CT molecular complexity index is 956. The van der Waals surface area contributed by atoms with Crippen LogP contribution in [-0.4, -0.2) is 29.8 Å². The van der Waals surface area contributed by atoms with Gasteiger partial charge in [0.25, 0.3) is 14.4 Å². The first-order chi connectivity index (χ1) is 18.9. The lowest BCUT2D eigenvalue weighted by Crippen LogP contribution is -2.22. The molecule has 2 unspecified atom stereocenters. The number of rotatable bonds is 17. The molecule has 2 atom stereocenters. The third kappa shape index (κ3) is 10.6. The van der Waals surface area contributed by atoms with E-state index < -0.39 is 8.53 Å². The average molecular weight is 555 g/mol. The number of benzene rings is 2. The van der Waals surface area contributed by atoms with E-state index in [1.807, 2.05) is 6.07 Å². The molecule has 1 saturated heterocycles. The Labute approximate surface area is 239 Å². The number of amides is 1. The number of carbonyl (C=O) groups excluding carboxylic acids is 1. The molecule has 1 N–H and O–H groups in total. The number of para-hydroxylation sites is 1. The Morgan fingerprint density at radius 3 is 2.15 bits per heavy atom. The maximum Gasteiger partial charge on any atom is 0.259 e. The Morgan fingerprint density at radius 1 is 0.923 bits per heavy atom. The SMILES string of the molecule is CCCCCCCCCCC1CN(Cc2ccccc2)P(OCC(=O)Nc2c(C(C)C)cccc2C(C)C)O1. The molecule has 1 heterocycles. The number of unbranched alkanes of at least 4 members (excludes halogenated alkanes) is 7. The normalized spacial score (nSPS) is 17.8. The Hall–Kier alpha value is -1.78. The fourth-order valence-corrected chi connectivity index (χ4v) is 6.80. The molecule has 1 aliphatic heterocycles. The lowest BCUT2D eigenvalue weighted by atomic mass is 9.92. The fraction of sp³-hybridized carbons (Fsp3) is 0.606. The lowest BCUT2D eigenvalue weighted by molar-refractivity contribution is -0.118. The van der Waals surface area contributed by atoms with Gasteiger partial charge in [-0.25, -0.2) is 4.67 Å². The molecule has 6 heteroatoms. The number of hydrogen-bond donors (Lipinski definition) is 1. The highest BCUT2D eigenvalue weighted by Gasteiger charge is 2.35. The molecule has 1 amide bonds. The van der Waals surface area contributed by atoms with Crippen LogP contribution in [0.25, 0.3) is 0 Å². The van der Waals surface area contributed by atoms with Crippen LogP contribution in [0.15, 0.2) is 48.5 Å². The summed E-state index contributed by atoms with van der Waals surface area (Å²) in [6, 6.07) is 16.8. The van der Waals surface area contributed by atoms with Gasteiger partial charge in [0.05, 0.1) is 6.10 Å². The summed E-state index contributed by atoms with van der Waals surface area (Å²) in [5, 5.41) is 3.18. The molecule has 3 rings (SSSR count). The van der Waals surface area contributed by atoms with Gasteiger partial charge in [-0.2, -0.15) is 0 Å². The topological polar surface area (TPSA) is 50.8 Å². The van der Waals surface area contributed by atoms with Gasteiger partial charge in [0.1, 0.15) is 6.61 Å². The first-order valence-corrected chi connectivity index (χ1v) is 16.3. The minimum absolute atomic E-state index is 0.00849. The summed E-state index contributed by atoms with van der Waals surface area (Å²) in [6.07, 6.45) is 11.7. The predicted molar refractivity (Wildman–Crippen MR) is 165 cm³/mol. The third-order valence-electron chi connectivity index (χ3n) is 7.42. The van der Waals surface area contributed by atoms with E-state index in [0.717, 1.165) is 36.3 Å². The molecule has 2 aromatic carbocycles. The summed E-state index contributed by atoms with van der Waals surface area (Å²) >= 11 is 0. The fourth-order valence-electron chi connectivity index (χ4n) is 5.19. The van der Waals surface area contributed by atoms with Crippen molar-refractivity contribution >= 4 is 20.1 Å².